The summed E-state index contributed by atoms with van der Waals surface area (Å²) >= 11 is 5.79. The van der Waals surface area contributed by atoms with Crippen molar-refractivity contribution in [3.63, 3.8) is 0 Å². The van der Waals surface area contributed by atoms with Crippen molar-refractivity contribution in [3.8, 4) is 0 Å². The minimum absolute atomic E-state index is 0.0656. The third-order valence-corrected chi connectivity index (χ3v) is 3.01. The number of benzene rings is 2. The van der Waals surface area contributed by atoms with E-state index in [0.29, 0.717) is 5.56 Å². The van der Waals surface area contributed by atoms with Crippen LogP contribution in [0.25, 0.3) is 6.08 Å². The van der Waals surface area contributed by atoms with E-state index in [4.69, 9.17) is 11.6 Å². The van der Waals surface area contributed by atoms with Gasteiger partial charge in [0, 0.05) is 18.2 Å². The summed E-state index contributed by atoms with van der Waals surface area (Å²) in [4.78, 5) is 21.9. The topological polar surface area (TPSA) is 72.2 Å². The first-order valence-electron chi connectivity index (χ1n) is 6.14. The summed E-state index contributed by atoms with van der Waals surface area (Å²) in [5, 5.41) is 13.2. The molecule has 7 heteroatoms. The van der Waals surface area contributed by atoms with Crippen LogP contribution in [0.2, 0.25) is 5.02 Å². The molecule has 0 heterocycles. The number of hydrogen-bond acceptors (Lipinski definition) is 3. The lowest BCUT2D eigenvalue weighted by atomic mass is 10.2. The molecule has 0 radical (unpaired) electrons. The molecule has 0 aromatic heterocycles. The third kappa shape index (κ3) is 4.13. The molecule has 2 aromatic carbocycles. The van der Waals surface area contributed by atoms with E-state index in [1.54, 1.807) is 6.07 Å². The highest BCUT2D eigenvalue weighted by atomic mass is 35.5. The lowest BCUT2D eigenvalue weighted by molar-refractivity contribution is -0.384. The SMILES string of the molecule is O=C(/C=C/c1cccc([N+](=O)[O-])c1)Nc1ccc(F)cc1Cl. The van der Waals surface area contributed by atoms with E-state index in [9.17, 15) is 19.3 Å². The molecular formula is C15H10ClFN2O3. The Morgan fingerprint density at radius 1 is 1.27 bits per heavy atom. The number of carbonyl (C=O) groups excluding carboxylic acids is 1. The van der Waals surface area contributed by atoms with Crippen LogP contribution >= 0.6 is 11.6 Å². The number of rotatable bonds is 4. The van der Waals surface area contributed by atoms with Crippen molar-refractivity contribution in [1.82, 2.24) is 0 Å². The number of amides is 1. The lowest BCUT2D eigenvalue weighted by Crippen LogP contribution is -2.08. The van der Waals surface area contributed by atoms with Gasteiger partial charge >= 0.3 is 0 Å². The molecule has 0 atom stereocenters. The van der Waals surface area contributed by atoms with E-state index < -0.39 is 16.6 Å². The van der Waals surface area contributed by atoms with Crippen LogP contribution in [-0.2, 0) is 4.79 Å². The molecule has 0 saturated heterocycles. The van der Waals surface area contributed by atoms with Crippen LogP contribution < -0.4 is 5.32 Å². The molecule has 0 bridgehead atoms. The van der Waals surface area contributed by atoms with Gasteiger partial charge in [-0.25, -0.2) is 4.39 Å². The fourth-order valence-corrected chi connectivity index (χ4v) is 1.89. The Balaban J connectivity index is 2.08. The normalized spacial score (nSPS) is 10.6. The summed E-state index contributed by atoms with van der Waals surface area (Å²) in [6, 6.07) is 9.45. The highest BCUT2D eigenvalue weighted by Crippen LogP contribution is 2.22. The number of nitro benzene ring substituents is 1. The van der Waals surface area contributed by atoms with E-state index in [-0.39, 0.29) is 16.4 Å². The van der Waals surface area contributed by atoms with Gasteiger partial charge < -0.3 is 5.32 Å². The van der Waals surface area contributed by atoms with Gasteiger partial charge in [0.1, 0.15) is 5.82 Å². The summed E-state index contributed by atoms with van der Waals surface area (Å²) in [6.45, 7) is 0. The number of nitro groups is 1. The maximum Gasteiger partial charge on any atom is 0.270 e. The van der Waals surface area contributed by atoms with Gasteiger partial charge in [0.25, 0.3) is 5.69 Å². The summed E-state index contributed by atoms with van der Waals surface area (Å²) in [5.74, 6) is -0.991. The fourth-order valence-electron chi connectivity index (χ4n) is 1.68. The van der Waals surface area contributed by atoms with Crippen molar-refractivity contribution >= 4 is 35.0 Å². The molecule has 5 nitrogen and oxygen atoms in total. The zero-order chi connectivity index (χ0) is 16.1. The largest absolute Gasteiger partial charge is 0.321 e. The first-order valence-corrected chi connectivity index (χ1v) is 6.52. The van der Waals surface area contributed by atoms with E-state index >= 15 is 0 Å². The Kier molecular flexibility index (Phi) is 4.85. The second kappa shape index (κ2) is 6.82. The van der Waals surface area contributed by atoms with Gasteiger partial charge in [0.15, 0.2) is 0 Å². The van der Waals surface area contributed by atoms with Gasteiger partial charge in [-0.15, -0.1) is 0 Å². The molecule has 0 aliphatic rings. The molecule has 0 saturated carbocycles. The highest BCUT2D eigenvalue weighted by molar-refractivity contribution is 6.33. The fraction of sp³-hybridized carbons (Fsp3) is 0. The Bertz CT molecular complexity index is 762. The molecule has 22 heavy (non-hydrogen) atoms. The number of halogens is 2. The van der Waals surface area contributed by atoms with Crippen molar-refractivity contribution in [2.24, 2.45) is 0 Å². The molecule has 112 valence electrons. The zero-order valence-corrected chi connectivity index (χ0v) is 11.9. The van der Waals surface area contributed by atoms with E-state index in [1.807, 2.05) is 0 Å². The van der Waals surface area contributed by atoms with Gasteiger partial charge in [-0.1, -0.05) is 23.7 Å². The minimum Gasteiger partial charge on any atom is -0.321 e. The lowest BCUT2D eigenvalue weighted by Gasteiger charge is -2.04. The van der Waals surface area contributed by atoms with Crippen LogP contribution in [0.5, 0.6) is 0 Å². The molecule has 0 fully saturated rings. The van der Waals surface area contributed by atoms with Crippen LogP contribution in [-0.4, -0.2) is 10.8 Å². The molecule has 0 aliphatic heterocycles. The van der Waals surface area contributed by atoms with Crippen molar-refractivity contribution in [3.05, 3.63) is 75.1 Å². The summed E-state index contributed by atoms with van der Waals surface area (Å²) in [5.41, 5.74) is 0.718. The standard InChI is InChI=1S/C15H10ClFN2O3/c16-13-9-11(17)5-6-14(13)18-15(20)7-4-10-2-1-3-12(8-10)19(21)22/h1-9H,(H,18,20)/b7-4+. The summed E-state index contributed by atoms with van der Waals surface area (Å²) in [6.07, 6.45) is 2.64. The molecular weight excluding hydrogens is 311 g/mol. The van der Waals surface area contributed by atoms with Gasteiger partial charge in [-0.3, -0.25) is 14.9 Å². The Morgan fingerprint density at radius 2 is 2.05 bits per heavy atom. The van der Waals surface area contributed by atoms with Crippen LogP contribution in [0.3, 0.4) is 0 Å². The Labute approximate surface area is 130 Å². The quantitative estimate of drug-likeness (QED) is 0.525. The molecule has 1 amide bonds. The molecule has 1 N–H and O–H groups in total. The minimum atomic E-state index is -0.518. The maximum absolute atomic E-state index is 12.9. The summed E-state index contributed by atoms with van der Waals surface area (Å²) < 4.78 is 12.9. The van der Waals surface area contributed by atoms with Gasteiger partial charge in [-0.2, -0.15) is 0 Å². The molecule has 2 rings (SSSR count). The van der Waals surface area contributed by atoms with Crippen molar-refractivity contribution < 1.29 is 14.1 Å². The molecule has 0 unspecified atom stereocenters. The van der Waals surface area contributed by atoms with Gasteiger partial charge in [-0.05, 0) is 29.8 Å². The predicted octanol–water partition coefficient (Wildman–Crippen LogP) is 4.04. The number of non-ortho nitro benzene ring substituents is 1. The number of carbonyl (C=O) groups is 1. The predicted molar refractivity (Wildman–Crippen MR) is 82.2 cm³/mol. The number of anilines is 1. The smallest absolute Gasteiger partial charge is 0.270 e. The van der Waals surface area contributed by atoms with Crippen LogP contribution in [0.1, 0.15) is 5.56 Å². The Morgan fingerprint density at radius 3 is 2.73 bits per heavy atom. The van der Waals surface area contributed by atoms with Crippen molar-refractivity contribution in [2.45, 2.75) is 0 Å². The average molecular weight is 321 g/mol. The number of nitrogens with zero attached hydrogens (tertiary/aromatic N) is 1. The van der Waals surface area contributed by atoms with Crippen LogP contribution in [0.15, 0.2) is 48.5 Å². The highest BCUT2D eigenvalue weighted by Gasteiger charge is 2.06. The van der Waals surface area contributed by atoms with Gasteiger partial charge in [0.05, 0.1) is 15.6 Å². The molecule has 0 spiro atoms. The molecule has 2 aromatic rings. The van der Waals surface area contributed by atoms with Crippen molar-refractivity contribution in [1.29, 1.82) is 0 Å². The number of hydrogen-bond donors (Lipinski definition) is 1. The van der Waals surface area contributed by atoms with Crippen molar-refractivity contribution in [2.75, 3.05) is 5.32 Å². The second-order valence-electron chi connectivity index (χ2n) is 4.30. The van der Waals surface area contributed by atoms with Crippen LogP contribution in [0.4, 0.5) is 15.8 Å². The van der Waals surface area contributed by atoms with E-state index in [1.165, 1.54) is 42.5 Å². The third-order valence-electron chi connectivity index (χ3n) is 2.70. The first-order chi connectivity index (χ1) is 10.5. The maximum atomic E-state index is 12.9. The molecule has 0 aliphatic carbocycles. The van der Waals surface area contributed by atoms with Gasteiger partial charge in [0.2, 0.25) is 5.91 Å². The average Bonchev–Trinajstić information content (AvgIpc) is 2.48. The van der Waals surface area contributed by atoms with E-state index in [2.05, 4.69) is 5.32 Å². The second-order valence-corrected chi connectivity index (χ2v) is 4.71. The Hall–Kier alpha value is -2.73. The zero-order valence-electron chi connectivity index (χ0n) is 11.1. The monoisotopic (exact) mass is 320 g/mol. The number of nitrogens with one attached hydrogen (secondary N) is 1. The summed E-state index contributed by atoms with van der Waals surface area (Å²) in [7, 11) is 0. The van der Waals surface area contributed by atoms with E-state index in [0.717, 1.165) is 6.07 Å². The van der Waals surface area contributed by atoms with Crippen LogP contribution in [0, 0.1) is 15.9 Å². The first kappa shape index (κ1) is 15.7.